The molecule has 1 atom stereocenters. The number of hydrogen-bond donors (Lipinski definition) is 3. The molecule has 1 aromatic carbocycles. The van der Waals surface area contributed by atoms with Gasteiger partial charge in [0.15, 0.2) is 0 Å². The van der Waals surface area contributed by atoms with Crippen LogP contribution in [0.2, 0.25) is 0 Å². The van der Waals surface area contributed by atoms with Gasteiger partial charge in [0.2, 0.25) is 5.91 Å². The number of anilines is 2. The fraction of sp³-hybridized carbons (Fsp3) is 0.500. The molecule has 0 saturated carbocycles. The molecule has 19 heavy (non-hydrogen) atoms. The lowest BCUT2D eigenvalue weighted by Gasteiger charge is -2.33. The van der Waals surface area contributed by atoms with Gasteiger partial charge in [-0.2, -0.15) is 0 Å². The minimum absolute atomic E-state index is 0.0509. The highest BCUT2D eigenvalue weighted by Gasteiger charge is 2.25. The Morgan fingerprint density at radius 3 is 2.84 bits per heavy atom. The van der Waals surface area contributed by atoms with Crippen LogP contribution in [0, 0.1) is 0 Å². The molecule has 1 heterocycles. The lowest BCUT2D eigenvalue weighted by molar-refractivity contribution is -0.121. The van der Waals surface area contributed by atoms with Crippen LogP contribution in [-0.2, 0) is 4.79 Å². The van der Waals surface area contributed by atoms with Gasteiger partial charge < -0.3 is 16.4 Å². The molecule has 1 fully saturated rings. The van der Waals surface area contributed by atoms with Gasteiger partial charge in [-0.3, -0.25) is 9.69 Å². The number of piperazine rings is 1. The van der Waals surface area contributed by atoms with E-state index in [0.717, 1.165) is 38.3 Å². The first-order valence-corrected chi connectivity index (χ1v) is 6.82. The summed E-state index contributed by atoms with van der Waals surface area (Å²) in [6, 6.07) is 7.23. The van der Waals surface area contributed by atoms with Gasteiger partial charge >= 0.3 is 0 Å². The normalized spacial score (nSPS) is 17.9. The molecule has 5 heteroatoms. The Bertz CT molecular complexity index is 429. The van der Waals surface area contributed by atoms with Gasteiger partial charge in [0.25, 0.3) is 0 Å². The van der Waals surface area contributed by atoms with Crippen molar-refractivity contribution < 1.29 is 4.79 Å². The van der Waals surface area contributed by atoms with Crippen LogP contribution in [0.3, 0.4) is 0 Å². The Kier molecular flexibility index (Phi) is 4.76. The van der Waals surface area contributed by atoms with Crippen LogP contribution in [-0.4, -0.2) is 43.0 Å². The van der Waals surface area contributed by atoms with Crippen LogP contribution in [0.4, 0.5) is 11.4 Å². The molecule has 0 aliphatic carbocycles. The third-order valence-corrected chi connectivity index (χ3v) is 3.44. The number of nitrogens with zero attached hydrogens (tertiary/aromatic N) is 1. The zero-order valence-corrected chi connectivity index (χ0v) is 11.4. The summed E-state index contributed by atoms with van der Waals surface area (Å²) < 4.78 is 0. The van der Waals surface area contributed by atoms with E-state index in [-0.39, 0.29) is 11.9 Å². The largest absolute Gasteiger partial charge is 0.399 e. The van der Waals surface area contributed by atoms with Crippen molar-refractivity contribution in [2.24, 2.45) is 0 Å². The van der Waals surface area contributed by atoms with Gasteiger partial charge in [0.1, 0.15) is 0 Å². The number of nitrogens with one attached hydrogen (secondary N) is 2. The average Bonchev–Trinajstić information content (AvgIpc) is 2.41. The molecule has 1 aromatic rings. The van der Waals surface area contributed by atoms with Crippen LogP contribution < -0.4 is 16.4 Å². The van der Waals surface area contributed by atoms with Gasteiger partial charge in [-0.15, -0.1) is 0 Å². The first kappa shape index (κ1) is 13.8. The summed E-state index contributed by atoms with van der Waals surface area (Å²) in [6.45, 7) is 5.78. The second-order valence-corrected chi connectivity index (χ2v) is 4.82. The van der Waals surface area contributed by atoms with Crippen molar-refractivity contribution in [3.63, 3.8) is 0 Å². The van der Waals surface area contributed by atoms with E-state index < -0.39 is 0 Å². The number of benzene rings is 1. The Balaban J connectivity index is 2.00. The van der Waals surface area contributed by atoms with Crippen LogP contribution in [0.15, 0.2) is 24.3 Å². The SMILES string of the molecule is CCC(C(=O)Nc1cccc(N)c1)N1CCNCC1. The lowest BCUT2D eigenvalue weighted by Crippen LogP contribution is -2.52. The minimum Gasteiger partial charge on any atom is -0.399 e. The Hall–Kier alpha value is -1.59. The number of rotatable bonds is 4. The standard InChI is InChI=1S/C14H22N4O/c1-2-13(18-8-6-16-7-9-18)14(19)17-12-5-3-4-11(15)10-12/h3-5,10,13,16H,2,6-9,15H2,1H3,(H,17,19). The molecule has 5 nitrogen and oxygen atoms in total. The molecule has 2 rings (SSSR count). The second kappa shape index (κ2) is 6.54. The predicted octanol–water partition coefficient (Wildman–Crippen LogP) is 0.891. The Morgan fingerprint density at radius 1 is 1.47 bits per heavy atom. The van der Waals surface area contributed by atoms with Crippen molar-refractivity contribution in [1.29, 1.82) is 0 Å². The second-order valence-electron chi connectivity index (χ2n) is 4.82. The van der Waals surface area contributed by atoms with Gasteiger partial charge in [-0.25, -0.2) is 0 Å². The molecule has 4 N–H and O–H groups in total. The number of nitrogen functional groups attached to an aromatic ring is 1. The summed E-state index contributed by atoms with van der Waals surface area (Å²) >= 11 is 0. The molecule has 1 aliphatic rings. The summed E-state index contributed by atoms with van der Waals surface area (Å²) in [5.74, 6) is 0.0509. The minimum atomic E-state index is -0.0662. The zero-order valence-electron chi connectivity index (χ0n) is 11.4. The fourth-order valence-electron chi connectivity index (χ4n) is 2.45. The molecule has 0 aromatic heterocycles. The third-order valence-electron chi connectivity index (χ3n) is 3.44. The van der Waals surface area contributed by atoms with Gasteiger partial charge in [0.05, 0.1) is 6.04 Å². The van der Waals surface area contributed by atoms with Crippen LogP contribution in [0.5, 0.6) is 0 Å². The first-order valence-electron chi connectivity index (χ1n) is 6.82. The van der Waals surface area contributed by atoms with E-state index in [1.165, 1.54) is 0 Å². The van der Waals surface area contributed by atoms with Gasteiger partial charge in [-0.05, 0) is 24.6 Å². The number of nitrogens with two attached hydrogens (primary N) is 1. The van der Waals surface area contributed by atoms with Crippen molar-refractivity contribution >= 4 is 17.3 Å². The quantitative estimate of drug-likeness (QED) is 0.705. The van der Waals surface area contributed by atoms with Crippen LogP contribution in [0.1, 0.15) is 13.3 Å². The van der Waals surface area contributed by atoms with E-state index in [4.69, 9.17) is 5.73 Å². The van der Waals surface area contributed by atoms with Gasteiger partial charge in [0, 0.05) is 37.6 Å². The first-order chi connectivity index (χ1) is 9.20. The summed E-state index contributed by atoms with van der Waals surface area (Å²) in [7, 11) is 0. The lowest BCUT2D eigenvalue weighted by atomic mass is 10.1. The molecule has 1 unspecified atom stereocenters. The highest BCUT2D eigenvalue weighted by molar-refractivity contribution is 5.95. The maximum Gasteiger partial charge on any atom is 0.241 e. The van der Waals surface area contributed by atoms with E-state index in [1.54, 1.807) is 6.07 Å². The Morgan fingerprint density at radius 2 is 2.21 bits per heavy atom. The molecular weight excluding hydrogens is 240 g/mol. The van der Waals surface area contributed by atoms with Crippen molar-refractivity contribution in [3.05, 3.63) is 24.3 Å². The molecular formula is C14H22N4O. The highest BCUT2D eigenvalue weighted by atomic mass is 16.2. The van der Waals surface area contributed by atoms with E-state index >= 15 is 0 Å². The number of carbonyl (C=O) groups excluding carboxylic acids is 1. The Labute approximate surface area is 114 Å². The molecule has 1 aliphatic heterocycles. The molecule has 1 saturated heterocycles. The van der Waals surface area contributed by atoms with Gasteiger partial charge in [-0.1, -0.05) is 13.0 Å². The summed E-state index contributed by atoms with van der Waals surface area (Å²) in [6.07, 6.45) is 0.814. The molecule has 0 bridgehead atoms. The summed E-state index contributed by atoms with van der Waals surface area (Å²) in [5, 5.41) is 6.25. The van der Waals surface area contributed by atoms with E-state index in [9.17, 15) is 4.79 Å². The van der Waals surface area contributed by atoms with Crippen molar-refractivity contribution in [1.82, 2.24) is 10.2 Å². The molecule has 1 amide bonds. The average molecular weight is 262 g/mol. The summed E-state index contributed by atoms with van der Waals surface area (Å²) in [4.78, 5) is 14.6. The highest BCUT2D eigenvalue weighted by Crippen LogP contribution is 2.14. The van der Waals surface area contributed by atoms with Crippen LogP contribution >= 0.6 is 0 Å². The van der Waals surface area contributed by atoms with E-state index in [0.29, 0.717) is 5.69 Å². The molecule has 0 spiro atoms. The third kappa shape index (κ3) is 3.68. The molecule has 0 radical (unpaired) electrons. The fourth-order valence-corrected chi connectivity index (χ4v) is 2.45. The van der Waals surface area contributed by atoms with Crippen molar-refractivity contribution in [2.45, 2.75) is 19.4 Å². The zero-order chi connectivity index (χ0) is 13.7. The van der Waals surface area contributed by atoms with Crippen molar-refractivity contribution in [3.8, 4) is 0 Å². The number of amides is 1. The molecule has 104 valence electrons. The van der Waals surface area contributed by atoms with E-state index in [1.807, 2.05) is 25.1 Å². The van der Waals surface area contributed by atoms with E-state index in [2.05, 4.69) is 15.5 Å². The topological polar surface area (TPSA) is 70.4 Å². The monoisotopic (exact) mass is 262 g/mol. The maximum atomic E-state index is 12.3. The van der Waals surface area contributed by atoms with Crippen LogP contribution in [0.25, 0.3) is 0 Å². The maximum absolute atomic E-state index is 12.3. The summed E-state index contributed by atoms with van der Waals surface area (Å²) in [5.41, 5.74) is 7.14. The number of hydrogen-bond acceptors (Lipinski definition) is 4. The smallest absolute Gasteiger partial charge is 0.241 e. The predicted molar refractivity (Wildman–Crippen MR) is 78.0 cm³/mol. The van der Waals surface area contributed by atoms with Crippen molar-refractivity contribution in [2.75, 3.05) is 37.2 Å². The number of carbonyl (C=O) groups is 1.